The van der Waals surface area contributed by atoms with E-state index in [2.05, 4.69) is 10.6 Å². The number of benzene rings is 1. The summed E-state index contributed by atoms with van der Waals surface area (Å²) in [7, 11) is 0. The lowest BCUT2D eigenvalue weighted by Crippen LogP contribution is -2.38. The third-order valence-corrected chi connectivity index (χ3v) is 3.27. The lowest BCUT2D eigenvalue weighted by Gasteiger charge is -2.19. The van der Waals surface area contributed by atoms with Crippen molar-refractivity contribution in [3.63, 3.8) is 0 Å². The van der Waals surface area contributed by atoms with Crippen LogP contribution in [-0.2, 0) is 14.3 Å². The van der Waals surface area contributed by atoms with Crippen molar-refractivity contribution in [2.45, 2.75) is 6.92 Å². The summed E-state index contributed by atoms with van der Waals surface area (Å²) in [4.78, 5) is 34.7. The summed E-state index contributed by atoms with van der Waals surface area (Å²) >= 11 is 6.03. The SMILES string of the molecule is CCNC(=O)CNC(=O)COC(=O)c1cc(Cl)c2c(c1)OCCO2. The molecule has 0 fully saturated rings. The fourth-order valence-electron chi connectivity index (χ4n) is 1.93. The Kier molecular flexibility index (Phi) is 6.25. The second-order valence-electron chi connectivity index (χ2n) is 4.79. The second-order valence-corrected chi connectivity index (χ2v) is 5.20. The number of carbonyl (C=O) groups is 3. The summed E-state index contributed by atoms with van der Waals surface area (Å²) in [5, 5.41) is 5.08. The lowest BCUT2D eigenvalue weighted by atomic mass is 10.2. The lowest BCUT2D eigenvalue weighted by molar-refractivity contribution is -0.127. The highest BCUT2D eigenvalue weighted by Gasteiger charge is 2.20. The number of esters is 1. The molecule has 1 aromatic rings. The standard InChI is InChI=1S/C15H17ClN2O6/c1-2-17-12(19)7-18-13(20)8-24-15(21)9-5-10(16)14-11(6-9)22-3-4-23-14/h5-6H,2-4,7-8H2,1H3,(H,17,19)(H,18,20). The summed E-state index contributed by atoms with van der Waals surface area (Å²) in [6, 6.07) is 2.82. The number of rotatable bonds is 6. The van der Waals surface area contributed by atoms with Gasteiger partial charge in [0.1, 0.15) is 13.2 Å². The van der Waals surface area contributed by atoms with Crippen LogP contribution in [0.25, 0.3) is 0 Å². The maximum Gasteiger partial charge on any atom is 0.338 e. The van der Waals surface area contributed by atoms with Crippen LogP contribution in [-0.4, -0.2) is 50.7 Å². The van der Waals surface area contributed by atoms with Gasteiger partial charge in [0.15, 0.2) is 18.1 Å². The van der Waals surface area contributed by atoms with Crippen molar-refractivity contribution in [3.8, 4) is 11.5 Å². The summed E-state index contributed by atoms with van der Waals surface area (Å²) in [6.45, 7) is 2.27. The third kappa shape index (κ3) is 4.76. The van der Waals surface area contributed by atoms with Gasteiger partial charge in [0, 0.05) is 6.54 Å². The van der Waals surface area contributed by atoms with E-state index >= 15 is 0 Å². The van der Waals surface area contributed by atoms with Gasteiger partial charge in [-0.25, -0.2) is 4.79 Å². The van der Waals surface area contributed by atoms with Crippen LogP contribution in [0.15, 0.2) is 12.1 Å². The smallest absolute Gasteiger partial charge is 0.338 e. The zero-order valence-electron chi connectivity index (χ0n) is 13.0. The van der Waals surface area contributed by atoms with Crippen LogP contribution in [0.2, 0.25) is 5.02 Å². The van der Waals surface area contributed by atoms with Crippen LogP contribution in [0, 0.1) is 0 Å². The zero-order valence-corrected chi connectivity index (χ0v) is 13.8. The van der Waals surface area contributed by atoms with E-state index in [-0.39, 0.29) is 23.0 Å². The van der Waals surface area contributed by atoms with E-state index in [1.807, 2.05) is 0 Å². The first-order valence-corrected chi connectivity index (χ1v) is 7.68. The first-order valence-electron chi connectivity index (χ1n) is 7.31. The molecule has 1 aliphatic heterocycles. The summed E-state index contributed by atoms with van der Waals surface area (Å²) in [5.74, 6) is -0.920. The molecular formula is C15H17ClN2O6. The van der Waals surface area contributed by atoms with Crippen LogP contribution in [0.5, 0.6) is 11.5 Å². The average Bonchev–Trinajstić information content (AvgIpc) is 2.58. The van der Waals surface area contributed by atoms with Gasteiger partial charge in [0.05, 0.1) is 17.1 Å². The average molecular weight is 357 g/mol. The van der Waals surface area contributed by atoms with Gasteiger partial charge in [0.25, 0.3) is 5.91 Å². The van der Waals surface area contributed by atoms with Gasteiger partial charge in [-0.05, 0) is 19.1 Å². The van der Waals surface area contributed by atoms with Crippen molar-refractivity contribution >= 4 is 29.4 Å². The molecule has 2 rings (SSSR count). The van der Waals surface area contributed by atoms with E-state index < -0.39 is 18.5 Å². The maximum atomic E-state index is 12.0. The first-order chi connectivity index (χ1) is 11.5. The number of halogens is 1. The molecule has 8 nitrogen and oxygen atoms in total. The van der Waals surface area contributed by atoms with Gasteiger partial charge in [-0.2, -0.15) is 0 Å². The van der Waals surface area contributed by atoms with E-state index in [1.54, 1.807) is 6.92 Å². The molecule has 0 saturated carbocycles. The van der Waals surface area contributed by atoms with Crippen molar-refractivity contribution in [1.29, 1.82) is 0 Å². The van der Waals surface area contributed by atoms with Crippen molar-refractivity contribution in [3.05, 3.63) is 22.7 Å². The molecule has 0 bridgehead atoms. The largest absolute Gasteiger partial charge is 0.486 e. The Bertz CT molecular complexity index is 649. The van der Waals surface area contributed by atoms with E-state index in [9.17, 15) is 14.4 Å². The zero-order chi connectivity index (χ0) is 17.5. The molecule has 0 aliphatic carbocycles. The quantitative estimate of drug-likeness (QED) is 0.720. The minimum atomic E-state index is -0.734. The van der Waals surface area contributed by atoms with Crippen molar-refractivity contribution in [2.75, 3.05) is 32.9 Å². The molecular weight excluding hydrogens is 340 g/mol. The number of amides is 2. The molecule has 1 aromatic carbocycles. The second kappa shape index (κ2) is 8.39. The number of ether oxygens (including phenoxy) is 3. The van der Waals surface area contributed by atoms with Crippen LogP contribution in [0.3, 0.4) is 0 Å². The van der Waals surface area contributed by atoms with Crippen molar-refractivity contribution < 1.29 is 28.6 Å². The highest BCUT2D eigenvalue weighted by atomic mass is 35.5. The fraction of sp³-hybridized carbons (Fsp3) is 0.400. The van der Waals surface area contributed by atoms with Crippen LogP contribution >= 0.6 is 11.6 Å². The minimum Gasteiger partial charge on any atom is -0.486 e. The molecule has 130 valence electrons. The molecule has 1 aliphatic rings. The van der Waals surface area contributed by atoms with Gasteiger partial charge < -0.3 is 24.8 Å². The molecule has 2 amide bonds. The molecule has 0 aromatic heterocycles. The van der Waals surface area contributed by atoms with Gasteiger partial charge in [-0.1, -0.05) is 11.6 Å². The van der Waals surface area contributed by atoms with Crippen LogP contribution < -0.4 is 20.1 Å². The third-order valence-electron chi connectivity index (χ3n) is 2.99. The molecule has 2 N–H and O–H groups in total. The van der Waals surface area contributed by atoms with Crippen molar-refractivity contribution in [1.82, 2.24) is 10.6 Å². The number of nitrogens with one attached hydrogen (secondary N) is 2. The maximum absolute atomic E-state index is 12.0. The molecule has 24 heavy (non-hydrogen) atoms. The Labute approximate surface area is 143 Å². The predicted octanol–water partition coefficient (Wildman–Crippen LogP) is 0.520. The topological polar surface area (TPSA) is 103 Å². The molecule has 1 heterocycles. The van der Waals surface area contributed by atoms with Crippen molar-refractivity contribution in [2.24, 2.45) is 0 Å². The fourth-order valence-corrected chi connectivity index (χ4v) is 2.20. The van der Waals surface area contributed by atoms with Crippen LogP contribution in [0.1, 0.15) is 17.3 Å². The van der Waals surface area contributed by atoms with Gasteiger partial charge in [-0.3, -0.25) is 9.59 Å². The Morgan fingerprint density at radius 1 is 1.17 bits per heavy atom. The first kappa shape index (κ1) is 17.9. The molecule has 0 spiro atoms. The Morgan fingerprint density at radius 2 is 1.92 bits per heavy atom. The number of likely N-dealkylation sites (N-methyl/N-ethyl adjacent to an activating group) is 1. The summed E-state index contributed by atoms with van der Waals surface area (Å²) in [5.41, 5.74) is 0.140. The minimum absolute atomic E-state index is 0.140. The summed E-state index contributed by atoms with van der Waals surface area (Å²) in [6.07, 6.45) is 0. The van der Waals surface area contributed by atoms with E-state index in [1.165, 1.54) is 12.1 Å². The number of hydrogen-bond donors (Lipinski definition) is 2. The highest BCUT2D eigenvalue weighted by Crippen LogP contribution is 2.38. The van der Waals surface area contributed by atoms with Crippen LogP contribution in [0.4, 0.5) is 0 Å². The van der Waals surface area contributed by atoms with E-state index in [4.69, 9.17) is 25.8 Å². The molecule has 0 saturated heterocycles. The highest BCUT2D eigenvalue weighted by molar-refractivity contribution is 6.32. The van der Waals surface area contributed by atoms with Gasteiger partial charge in [-0.15, -0.1) is 0 Å². The number of hydrogen-bond acceptors (Lipinski definition) is 6. The Hall–Kier alpha value is -2.48. The van der Waals surface area contributed by atoms with E-state index in [0.717, 1.165) is 0 Å². The molecule has 0 unspecified atom stereocenters. The number of fused-ring (bicyclic) bond motifs is 1. The van der Waals surface area contributed by atoms with Gasteiger partial charge >= 0.3 is 5.97 Å². The summed E-state index contributed by atoms with van der Waals surface area (Å²) < 4.78 is 15.6. The Balaban J connectivity index is 1.87. The molecule has 9 heteroatoms. The number of carbonyl (C=O) groups excluding carboxylic acids is 3. The molecule has 0 radical (unpaired) electrons. The monoisotopic (exact) mass is 356 g/mol. The van der Waals surface area contributed by atoms with E-state index in [0.29, 0.717) is 31.3 Å². The van der Waals surface area contributed by atoms with Gasteiger partial charge in [0.2, 0.25) is 5.91 Å². The Morgan fingerprint density at radius 3 is 2.67 bits per heavy atom. The normalized spacial score (nSPS) is 12.2. The predicted molar refractivity (Wildman–Crippen MR) is 84.4 cm³/mol. The molecule has 0 atom stereocenters.